The zero-order valence-corrected chi connectivity index (χ0v) is 15.5. The summed E-state index contributed by atoms with van der Waals surface area (Å²) in [7, 11) is 3.18. The van der Waals surface area contributed by atoms with Crippen molar-refractivity contribution in [2.24, 2.45) is 0 Å². The van der Waals surface area contributed by atoms with Crippen LogP contribution in [0.4, 0.5) is 4.79 Å². The Hall–Kier alpha value is -2.21. The first-order valence-corrected chi connectivity index (χ1v) is 8.33. The maximum atomic E-state index is 12.1. The van der Waals surface area contributed by atoms with Crippen LogP contribution in [-0.2, 0) is 6.54 Å². The Morgan fingerprint density at radius 3 is 2.38 bits per heavy atom. The molecule has 2 rings (SSSR count). The fourth-order valence-electron chi connectivity index (χ4n) is 2.24. The van der Waals surface area contributed by atoms with E-state index in [1.807, 2.05) is 49.4 Å². The highest BCUT2D eigenvalue weighted by atomic mass is 79.9. The molecular formula is C18H21BrN2O3. The summed E-state index contributed by atoms with van der Waals surface area (Å²) in [4.78, 5) is 12.1. The molecule has 0 aliphatic heterocycles. The van der Waals surface area contributed by atoms with E-state index < -0.39 is 0 Å². The minimum Gasteiger partial charge on any atom is -0.493 e. The molecule has 2 aromatic carbocycles. The van der Waals surface area contributed by atoms with Gasteiger partial charge in [-0.05, 0) is 42.3 Å². The summed E-state index contributed by atoms with van der Waals surface area (Å²) >= 11 is 3.39. The number of halogens is 1. The van der Waals surface area contributed by atoms with Crippen molar-refractivity contribution >= 4 is 22.0 Å². The molecule has 0 aliphatic rings. The molecule has 5 nitrogen and oxygen atoms in total. The Kier molecular flexibility index (Phi) is 6.49. The number of carbonyl (C=O) groups is 1. The Bertz CT molecular complexity index is 689. The van der Waals surface area contributed by atoms with Gasteiger partial charge in [0.15, 0.2) is 11.5 Å². The summed E-state index contributed by atoms with van der Waals surface area (Å²) in [5.41, 5.74) is 1.97. The van der Waals surface area contributed by atoms with Gasteiger partial charge in [-0.3, -0.25) is 0 Å². The molecular weight excluding hydrogens is 372 g/mol. The molecule has 6 heteroatoms. The van der Waals surface area contributed by atoms with Crippen LogP contribution in [0, 0.1) is 0 Å². The lowest BCUT2D eigenvalue weighted by Gasteiger charge is -2.17. The van der Waals surface area contributed by atoms with E-state index in [0.717, 1.165) is 15.6 Å². The Morgan fingerprint density at radius 1 is 1.08 bits per heavy atom. The molecule has 24 heavy (non-hydrogen) atoms. The average molecular weight is 393 g/mol. The predicted molar refractivity (Wildman–Crippen MR) is 97.5 cm³/mol. The molecule has 0 saturated carbocycles. The molecule has 2 N–H and O–H groups in total. The van der Waals surface area contributed by atoms with Crippen LogP contribution >= 0.6 is 15.9 Å². The number of ether oxygens (including phenoxy) is 2. The first kappa shape index (κ1) is 18.1. The van der Waals surface area contributed by atoms with E-state index in [2.05, 4.69) is 26.6 Å². The van der Waals surface area contributed by atoms with E-state index in [1.165, 1.54) is 0 Å². The number of amides is 2. The fourth-order valence-corrected chi connectivity index (χ4v) is 2.50. The minimum atomic E-state index is -0.222. The highest BCUT2D eigenvalue weighted by Gasteiger charge is 2.12. The summed E-state index contributed by atoms with van der Waals surface area (Å²) in [6.45, 7) is 2.39. The third-order valence-electron chi connectivity index (χ3n) is 3.62. The van der Waals surface area contributed by atoms with Gasteiger partial charge in [0.05, 0.1) is 20.3 Å². The highest BCUT2D eigenvalue weighted by Crippen LogP contribution is 2.29. The summed E-state index contributed by atoms with van der Waals surface area (Å²) in [5, 5.41) is 5.76. The molecule has 0 aromatic heterocycles. The number of hydrogen-bond acceptors (Lipinski definition) is 3. The standard InChI is InChI=1S/C18H21BrN2O3/c1-12(14-6-9-16(23-2)17(10-14)24-3)21-18(22)20-11-13-4-7-15(19)8-5-13/h4-10,12H,11H2,1-3H3,(H2,20,21,22). The van der Waals surface area contributed by atoms with Crippen LogP contribution < -0.4 is 20.1 Å². The van der Waals surface area contributed by atoms with E-state index in [-0.39, 0.29) is 12.1 Å². The van der Waals surface area contributed by atoms with E-state index in [9.17, 15) is 4.79 Å². The van der Waals surface area contributed by atoms with E-state index in [0.29, 0.717) is 18.0 Å². The summed E-state index contributed by atoms with van der Waals surface area (Å²) in [5.74, 6) is 1.30. The van der Waals surface area contributed by atoms with Gasteiger partial charge in [-0.15, -0.1) is 0 Å². The van der Waals surface area contributed by atoms with Gasteiger partial charge in [0, 0.05) is 11.0 Å². The third-order valence-corrected chi connectivity index (χ3v) is 4.15. The van der Waals surface area contributed by atoms with Gasteiger partial charge in [0.2, 0.25) is 0 Å². The van der Waals surface area contributed by atoms with Crippen molar-refractivity contribution in [3.63, 3.8) is 0 Å². The largest absolute Gasteiger partial charge is 0.493 e. The number of rotatable bonds is 6. The first-order valence-electron chi connectivity index (χ1n) is 7.54. The van der Waals surface area contributed by atoms with Gasteiger partial charge < -0.3 is 20.1 Å². The second kappa shape index (κ2) is 8.59. The molecule has 1 atom stereocenters. The summed E-state index contributed by atoms with van der Waals surface area (Å²) < 4.78 is 11.5. The van der Waals surface area contributed by atoms with Crippen LogP contribution in [0.5, 0.6) is 11.5 Å². The Labute approximate surface area is 150 Å². The van der Waals surface area contributed by atoms with Crippen LogP contribution in [0.15, 0.2) is 46.9 Å². The van der Waals surface area contributed by atoms with Crippen LogP contribution in [0.25, 0.3) is 0 Å². The molecule has 0 fully saturated rings. The van der Waals surface area contributed by atoms with Crippen molar-refractivity contribution in [3.05, 3.63) is 58.1 Å². The summed E-state index contributed by atoms with van der Waals surface area (Å²) in [6.07, 6.45) is 0. The molecule has 0 heterocycles. The maximum Gasteiger partial charge on any atom is 0.315 e. The van der Waals surface area contributed by atoms with Crippen LogP contribution in [0.1, 0.15) is 24.1 Å². The lowest BCUT2D eigenvalue weighted by molar-refractivity contribution is 0.237. The number of nitrogens with one attached hydrogen (secondary N) is 2. The second-order valence-electron chi connectivity index (χ2n) is 5.29. The van der Waals surface area contributed by atoms with Crippen molar-refractivity contribution in [1.82, 2.24) is 10.6 Å². The molecule has 128 valence electrons. The van der Waals surface area contributed by atoms with Crippen molar-refractivity contribution in [2.75, 3.05) is 14.2 Å². The Morgan fingerprint density at radius 2 is 1.75 bits per heavy atom. The topological polar surface area (TPSA) is 59.6 Å². The molecule has 0 bridgehead atoms. The minimum absolute atomic E-state index is 0.158. The van der Waals surface area contributed by atoms with Crippen molar-refractivity contribution in [1.29, 1.82) is 0 Å². The monoisotopic (exact) mass is 392 g/mol. The Balaban J connectivity index is 1.92. The zero-order chi connectivity index (χ0) is 17.5. The van der Waals surface area contributed by atoms with Crippen LogP contribution in [-0.4, -0.2) is 20.3 Å². The normalized spacial score (nSPS) is 11.5. The smallest absolute Gasteiger partial charge is 0.315 e. The van der Waals surface area contributed by atoms with Gasteiger partial charge in [0.1, 0.15) is 0 Å². The van der Waals surface area contributed by atoms with Gasteiger partial charge in [-0.2, -0.15) is 0 Å². The molecule has 0 saturated heterocycles. The maximum absolute atomic E-state index is 12.1. The zero-order valence-electron chi connectivity index (χ0n) is 13.9. The SMILES string of the molecule is COc1ccc(C(C)NC(=O)NCc2ccc(Br)cc2)cc1OC. The van der Waals surface area contributed by atoms with Gasteiger partial charge in [-0.1, -0.05) is 34.1 Å². The lowest BCUT2D eigenvalue weighted by Crippen LogP contribution is -2.36. The predicted octanol–water partition coefficient (Wildman–Crippen LogP) is 4.03. The second-order valence-corrected chi connectivity index (χ2v) is 6.21. The number of methoxy groups -OCH3 is 2. The lowest BCUT2D eigenvalue weighted by atomic mass is 10.1. The fraction of sp³-hybridized carbons (Fsp3) is 0.278. The third kappa shape index (κ3) is 4.89. The quantitative estimate of drug-likeness (QED) is 0.779. The average Bonchev–Trinajstić information content (AvgIpc) is 2.60. The molecule has 1 unspecified atom stereocenters. The van der Waals surface area contributed by atoms with Crippen LogP contribution in [0.2, 0.25) is 0 Å². The van der Waals surface area contributed by atoms with E-state index >= 15 is 0 Å². The van der Waals surface area contributed by atoms with Gasteiger partial charge in [-0.25, -0.2) is 4.79 Å². The molecule has 0 radical (unpaired) electrons. The molecule has 0 spiro atoms. The van der Waals surface area contributed by atoms with Crippen molar-refractivity contribution < 1.29 is 14.3 Å². The summed E-state index contributed by atoms with van der Waals surface area (Å²) in [6, 6.07) is 13.0. The molecule has 2 aromatic rings. The van der Waals surface area contributed by atoms with Gasteiger partial charge >= 0.3 is 6.03 Å². The molecule has 0 aliphatic carbocycles. The van der Waals surface area contributed by atoms with Crippen LogP contribution in [0.3, 0.4) is 0 Å². The number of carbonyl (C=O) groups excluding carboxylic acids is 1. The highest BCUT2D eigenvalue weighted by molar-refractivity contribution is 9.10. The number of hydrogen-bond donors (Lipinski definition) is 2. The number of urea groups is 1. The van der Waals surface area contributed by atoms with Crippen molar-refractivity contribution in [2.45, 2.75) is 19.5 Å². The van der Waals surface area contributed by atoms with Crippen molar-refractivity contribution in [3.8, 4) is 11.5 Å². The first-order chi connectivity index (χ1) is 11.5. The van der Waals surface area contributed by atoms with E-state index in [4.69, 9.17) is 9.47 Å². The van der Waals surface area contributed by atoms with Gasteiger partial charge in [0.25, 0.3) is 0 Å². The number of benzene rings is 2. The molecule has 2 amide bonds. The van der Waals surface area contributed by atoms with E-state index in [1.54, 1.807) is 14.2 Å².